The van der Waals surface area contributed by atoms with Gasteiger partial charge in [0.2, 0.25) is 5.89 Å². The summed E-state index contributed by atoms with van der Waals surface area (Å²) < 4.78 is 5.09. The molecule has 0 saturated carbocycles. The molecule has 3 heterocycles. The number of amides is 3. The van der Waals surface area contributed by atoms with Gasteiger partial charge in [-0.15, -0.1) is 0 Å². The Bertz CT molecular complexity index is 555. The summed E-state index contributed by atoms with van der Waals surface area (Å²) in [5.74, 6) is 1.30. The molecule has 2 N–H and O–H groups in total. The number of thioether (sulfide) groups is 1. The summed E-state index contributed by atoms with van der Waals surface area (Å²) in [7, 11) is 0. The summed E-state index contributed by atoms with van der Waals surface area (Å²) in [6.45, 7) is 1.47. The zero-order valence-electron chi connectivity index (χ0n) is 11.7. The van der Waals surface area contributed by atoms with E-state index in [0.717, 1.165) is 13.1 Å². The molecule has 0 aliphatic carbocycles. The van der Waals surface area contributed by atoms with E-state index in [1.807, 2.05) is 6.26 Å². The molecule has 0 bridgehead atoms. The van der Waals surface area contributed by atoms with Crippen LogP contribution in [-0.2, 0) is 17.1 Å². The van der Waals surface area contributed by atoms with E-state index in [9.17, 15) is 9.59 Å². The standard InChI is InChI=1S/C12H17N5O3S/c1-21-7-8-14-9(20-16-8)6-17-10(18)12(15-11(17)19)2-4-13-5-3-12/h13H,2-7H2,1H3,(H,15,19). The molecule has 1 aromatic rings. The van der Waals surface area contributed by atoms with E-state index in [4.69, 9.17) is 4.52 Å². The van der Waals surface area contributed by atoms with E-state index in [1.54, 1.807) is 11.8 Å². The van der Waals surface area contributed by atoms with Crippen molar-refractivity contribution < 1.29 is 14.1 Å². The van der Waals surface area contributed by atoms with Gasteiger partial charge >= 0.3 is 6.03 Å². The normalized spacial score (nSPS) is 21.1. The first-order chi connectivity index (χ1) is 10.1. The van der Waals surface area contributed by atoms with Gasteiger partial charge in [-0.1, -0.05) is 5.16 Å². The van der Waals surface area contributed by atoms with Gasteiger partial charge in [0.1, 0.15) is 12.1 Å². The molecule has 0 aromatic carbocycles. The quantitative estimate of drug-likeness (QED) is 0.761. The molecule has 0 atom stereocenters. The number of carbonyl (C=O) groups excluding carboxylic acids is 2. The van der Waals surface area contributed by atoms with E-state index in [2.05, 4.69) is 20.8 Å². The first-order valence-electron chi connectivity index (χ1n) is 6.80. The Balaban J connectivity index is 1.72. The molecule has 0 radical (unpaired) electrons. The van der Waals surface area contributed by atoms with Gasteiger partial charge in [0.15, 0.2) is 5.82 Å². The Kier molecular flexibility index (Phi) is 3.85. The average molecular weight is 311 g/mol. The van der Waals surface area contributed by atoms with Gasteiger partial charge in [0, 0.05) is 0 Å². The van der Waals surface area contributed by atoms with Crippen LogP contribution in [0, 0.1) is 0 Å². The Hall–Kier alpha value is -1.61. The number of urea groups is 1. The molecule has 1 spiro atoms. The minimum Gasteiger partial charge on any atom is -0.337 e. The molecule has 3 amide bonds. The second-order valence-corrected chi connectivity index (χ2v) is 6.06. The highest BCUT2D eigenvalue weighted by Crippen LogP contribution is 2.27. The Morgan fingerprint density at radius 2 is 2.14 bits per heavy atom. The van der Waals surface area contributed by atoms with Crippen molar-refractivity contribution in [2.45, 2.75) is 30.7 Å². The van der Waals surface area contributed by atoms with E-state index in [1.165, 1.54) is 4.90 Å². The van der Waals surface area contributed by atoms with Crippen molar-refractivity contribution in [2.75, 3.05) is 19.3 Å². The lowest BCUT2D eigenvalue weighted by molar-refractivity contribution is -0.132. The molecular weight excluding hydrogens is 294 g/mol. The van der Waals surface area contributed by atoms with Crippen molar-refractivity contribution in [1.29, 1.82) is 0 Å². The van der Waals surface area contributed by atoms with Crippen molar-refractivity contribution in [2.24, 2.45) is 0 Å². The number of nitrogens with one attached hydrogen (secondary N) is 2. The minimum absolute atomic E-state index is 0.0290. The van der Waals surface area contributed by atoms with Crippen molar-refractivity contribution in [3.05, 3.63) is 11.7 Å². The number of hydrogen-bond acceptors (Lipinski definition) is 7. The molecule has 8 nitrogen and oxygen atoms in total. The van der Waals surface area contributed by atoms with Gasteiger partial charge in [-0.25, -0.2) is 4.79 Å². The lowest BCUT2D eigenvalue weighted by Crippen LogP contribution is -2.53. The van der Waals surface area contributed by atoms with Gasteiger partial charge in [0.25, 0.3) is 5.91 Å². The summed E-state index contributed by atoms with van der Waals surface area (Å²) in [6.07, 6.45) is 3.15. The molecule has 114 valence electrons. The molecule has 2 aliphatic rings. The highest BCUT2D eigenvalue weighted by atomic mass is 32.2. The molecule has 0 unspecified atom stereocenters. The van der Waals surface area contributed by atoms with Crippen LogP contribution in [0.3, 0.4) is 0 Å². The van der Waals surface area contributed by atoms with Crippen LogP contribution in [-0.4, -0.2) is 51.9 Å². The summed E-state index contributed by atoms with van der Waals surface area (Å²) in [5, 5.41) is 9.83. The maximum Gasteiger partial charge on any atom is 0.325 e. The third kappa shape index (κ3) is 2.62. The highest BCUT2D eigenvalue weighted by Gasteiger charge is 2.51. The van der Waals surface area contributed by atoms with Crippen LogP contribution in [0.25, 0.3) is 0 Å². The second kappa shape index (κ2) is 5.64. The molecular formula is C12H17N5O3S. The predicted octanol–water partition coefficient (Wildman–Crippen LogP) is 0.107. The maximum atomic E-state index is 12.6. The summed E-state index contributed by atoms with van der Waals surface area (Å²) in [4.78, 5) is 30.0. The van der Waals surface area contributed by atoms with Crippen molar-refractivity contribution in [3.8, 4) is 0 Å². The fraction of sp³-hybridized carbons (Fsp3) is 0.667. The number of carbonyl (C=O) groups is 2. The largest absolute Gasteiger partial charge is 0.337 e. The van der Waals surface area contributed by atoms with Crippen LogP contribution in [0.5, 0.6) is 0 Å². The van der Waals surface area contributed by atoms with E-state index < -0.39 is 5.54 Å². The van der Waals surface area contributed by atoms with Gasteiger partial charge < -0.3 is 15.2 Å². The van der Waals surface area contributed by atoms with E-state index in [0.29, 0.717) is 24.4 Å². The first kappa shape index (κ1) is 14.3. The Labute approximate surface area is 126 Å². The Morgan fingerprint density at radius 3 is 2.86 bits per heavy atom. The first-order valence-corrected chi connectivity index (χ1v) is 8.19. The third-order valence-electron chi connectivity index (χ3n) is 3.78. The van der Waals surface area contributed by atoms with Crippen LogP contribution < -0.4 is 10.6 Å². The molecule has 3 rings (SSSR count). The van der Waals surface area contributed by atoms with E-state index >= 15 is 0 Å². The summed E-state index contributed by atoms with van der Waals surface area (Å²) in [6, 6.07) is -0.383. The molecule has 2 aliphatic heterocycles. The lowest BCUT2D eigenvalue weighted by Gasteiger charge is -2.30. The molecule has 9 heteroatoms. The third-order valence-corrected chi connectivity index (χ3v) is 4.33. The lowest BCUT2D eigenvalue weighted by atomic mass is 9.88. The average Bonchev–Trinajstić information content (AvgIpc) is 3.00. The van der Waals surface area contributed by atoms with Gasteiger partial charge in [0.05, 0.1) is 5.75 Å². The fourth-order valence-corrected chi connectivity index (χ4v) is 3.07. The zero-order chi connectivity index (χ0) is 14.9. The van der Waals surface area contributed by atoms with Crippen LogP contribution in [0.1, 0.15) is 24.6 Å². The minimum atomic E-state index is -0.759. The maximum absolute atomic E-state index is 12.6. The van der Waals surface area contributed by atoms with Crippen LogP contribution >= 0.6 is 11.8 Å². The molecule has 21 heavy (non-hydrogen) atoms. The number of rotatable bonds is 4. The van der Waals surface area contributed by atoms with Crippen LogP contribution in [0.2, 0.25) is 0 Å². The number of imide groups is 1. The SMILES string of the molecule is CSCc1noc(CN2C(=O)NC3(CCNCC3)C2=O)n1. The number of aromatic nitrogens is 2. The fourth-order valence-electron chi connectivity index (χ4n) is 2.69. The predicted molar refractivity (Wildman–Crippen MR) is 75.4 cm³/mol. The second-order valence-electron chi connectivity index (χ2n) is 5.19. The summed E-state index contributed by atoms with van der Waals surface area (Å²) in [5.41, 5.74) is -0.759. The number of nitrogens with zero attached hydrogens (tertiary/aromatic N) is 3. The van der Waals surface area contributed by atoms with Gasteiger partial charge in [-0.05, 0) is 32.2 Å². The Morgan fingerprint density at radius 1 is 1.38 bits per heavy atom. The topological polar surface area (TPSA) is 100 Å². The monoisotopic (exact) mass is 311 g/mol. The van der Waals surface area contributed by atoms with Crippen LogP contribution in [0.15, 0.2) is 4.52 Å². The van der Waals surface area contributed by atoms with Gasteiger partial charge in [-0.2, -0.15) is 16.7 Å². The summed E-state index contributed by atoms with van der Waals surface area (Å²) >= 11 is 1.58. The van der Waals surface area contributed by atoms with Crippen molar-refractivity contribution in [3.63, 3.8) is 0 Å². The molecule has 2 fully saturated rings. The van der Waals surface area contributed by atoms with Crippen LogP contribution in [0.4, 0.5) is 4.79 Å². The molecule has 1 aromatic heterocycles. The van der Waals surface area contributed by atoms with E-state index in [-0.39, 0.29) is 24.4 Å². The van der Waals surface area contributed by atoms with Crippen molar-refractivity contribution >= 4 is 23.7 Å². The van der Waals surface area contributed by atoms with Gasteiger partial charge in [-0.3, -0.25) is 9.69 Å². The van der Waals surface area contributed by atoms with Crippen molar-refractivity contribution in [1.82, 2.24) is 25.7 Å². The number of piperidine rings is 1. The zero-order valence-corrected chi connectivity index (χ0v) is 12.5. The highest BCUT2D eigenvalue weighted by molar-refractivity contribution is 7.97. The smallest absolute Gasteiger partial charge is 0.325 e. The molecule has 2 saturated heterocycles. The number of hydrogen-bond donors (Lipinski definition) is 2.